The second-order valence-electron chi connectivity index (χ2n) is 14.0. The van der Waals surface area contributed by atoms with Crippen molar-refractivity contribution in [1.82, 2.24) is 20.9 Å². The van der Waals surface area contributed by atoms with E-state index in [0.717, 1.165) is 32.1 Å². The number of amides is 4. The Balaban J connectivity index is 1.25. The number of carbonyl (C=O) groups is 4. The average Bonchev–Trinajstić information content (AvgIpc) is 3.74. The first-order valence-corrected chi connectivity index (χ1v) is 13.9. The second kappa shape index (κ2) is 8.71. The molecular weight excluding hydrogens is 470 g/mol. The van der Waals surface area contributed by atoms with E-state index in [1.165, 1.54) is 0 Å². The van der Waals surface area contributed by atoms with Crippen molar-refractivity contribution < 1.29 is 19.2 Å². The SMILES string of the molecule is CC(C)(C)[C@H](NC(=O)C1CC1)C(=O)N1C[C@H]2[C@@H]([C@H]1CC(=O)N[C@H](C#N)C[C@@H]1CC3(CC3)NC1=O)C2(C)C. The third-order valence-corrected chi connectivity index (χ3v) is 9.63. The van der Waals surface area contributed by atoms with Crippen LogP contribution in [0.1, 0.15) is 79.6 Å². The highest BCUT2D eigenvalue weighted by atomic mass is 16.2. The monoisotopic (exact) mass is 511 g/mol. The van der Waals surface area contributed by atoms with Gasteiger partial charge in [-0.1, -0.05) is 34.6 Å². The Morgan fingerprint density at radius 2 is 1.86 bits per heavy atom. The molecule has 9 heteroatoms. The molecule has 0 radical (unpaired) electrons. The average molecular weight is 512 g/mol. The molecule has 9 nitrogen and oxygen atoms in total. The minimum absolute atomic E-state index is 0.00444. The minimum Gasteiger partial charge on any atom is -0.350 e. The quantitative estimate of drug-likeness (QED) is 0.458. The van der Waals surface area contributed by atoms with Crippen LogP contribution in [0.4, 0.5) is 0 Å². The maximum absolute atomic E-state index is 13.8. The molecule has 37 heavy (non-hydrogen) atoms. The van der Waals surface area contributed by atoms with Gasteiger partial charge in [0, 0.05) is 36.4 Å². The smallest absolute Gasteiger partial charge is 0.245 e. The highest BCUT2D eigenvalue weighted by molar-refractivity contribution is 5.91. The number of carbonyl (C=O) groups excluding carboxylic acids is 4. The van der Waals surface area contributed by atoms with Gasteiger partial charge in [-0.15, -0.1) is 0 Å². The predicted octanol–water partition coefficient (Wildman–Crippen LogP) is 1.87. The molecule has 0 unspecified atom stereocenters. The molecule has 2 heterocycles. The molecule has 5 rings (SSSR count). The third-order valence-electron chi connectivity index (χ3n) is 9.63. The van der Waals surface area contributed by atoms with E-state index in [-0.39, 0.29) is 64.8 Å². The minimum atomic E-state index is -0.745. The fraction of sp³-hybridized carbons (Fsp3) is 0.821. The van der Waals surface area contributed by atoms with Gasteiger partial charge in [0.2, 0.25) is 23.6 Å². The Morgan fingerprint density at radius 3 is 2.41 bits per heavy atom. The van der Waals surface area contributed by atoms with Gasteiger partial charge in [0.1, 0.15) is 12.1 Å². The van der Waals surface area contributed by atoms with Crippen molar-refractivity contribution in [1.29, 1.82) is 5.26 Å². The summed E-state index contributed by atoms with van der Waals surface area (Å²) >= 11 is 0. The topological polar surface area (TPSA) is 131 Å². The van der Waals surface area contributed by atoms with E-state index < -0.39 is 17.5 Å². The number of rotatable bonds is 8. The van der Waals surface area contributed by atoms with Crippen LogP contribution in [0.2, 0.25) is 0 Å². The Bertz CT molecular complexity index is 1050. The van der Waals surface area contributed by atoms with E-state index in [2.05, 4.69) is 35.9 Å². The molecule has 202 valence electrons. The zero-order chi connectivity index (χ0) is 26.9. The molecule has 6 atom stereocenters. The van der Waals surface area contributed by atoms with Gasteiger partial charge in [-0.25, -0.2) is 0 Å². The van der Waals surface area contributed by atoms with Gasteiger partial charge in [-0.05, 0) is 61.2 Å². The molecule has 0 bridgehead atoms. The standard InChI is InChI=1S/C28H41N5O4/c1-26(2,3)22(31-23(35)15-6-7-15)25(37)33-14-18-21(27(18,4)5)19(33)11-20(34)30-17(13-29)10-16-12-28(8-9-28)32-24(16)36/h15-19,21-22H,6-12,14H2,1-5H3,(H,30,34)(H,31,35)(H,32,36)/t16-,17+,18+,19-,21+,22-/m1/s1. The van der Waals surface area contributed by atoms with Crippen LogP contribution in [0.3, 0.4) is 0 Å². The highest BCUT2D eigenvalue weighted by Crippen LogP contribution is 2.65. The summed E-state index contributed by atoms with van der Waals surface area (Å²) in [4.78, 5) is 53.7. The van der Waals surface area contributed by atoms with Gasteiger partial charge in [0.25, 0.3) is 0 Å². The van der Waals surface area contributed by atoms with Gasteiger partial charge in [-0.2, -0.15) is 5.26 Å². The molecule has 0 aromatic carbocycles. The van der Waals surface area contributed by atoms with Gasteiger partial charge >= 0.3 is 0 Å². The maximum Gasteiger partial charge on any atom is 0.245 e. The second-order valence-corrected chi connectivity index (χ2v) is 14.0. The van der Waals surface area contributed by atoms with E-state index >= 15 is 0 Å². The molecular formula is C28H41N5O4. The van der Waals surface area contributed by atoms with Crippen molar-refractivity contribution in [2.24, 2.45) is 34.5 Å². The van der Waals surface area contributed by atoms with Crippen LogP contribution in [0.25, 0.3) is 0 Å². The maximum atomic E-state index is 13.8. The van der Waals surface area contributed by atoms with Crippen molar-refractivity contribution >= 4 is 23.6 Å². The molecule has 0 aromatic heterocycles. The van der Waals surface area contributed by atoms with Crippen LogP contribution in [0, 0.1) is 45.8 Å². The van der Waals surface area contributed by atoms with Gasteiger partial charge in [-0.3, -0.25) is 19.2 Å². The first-order chi connectivity index (χ1) is 17.3. The van der Waals surface area contributed by atoms with E-state index in [9.17, 15) is 24.4 Å². The number of hydrogen-bond acceptors (Lipinski definition) is 5. The first kappa shape index (κ1) is 26.0. The van der Waals surface area contributed by atoms with Crippen LogP contribution in [-0.4, -0.2) is 58.7 Å². The molecule has 5 fully saturated rings. The number of nitrogens with one attached hydrogen (secondary N) is 3. The van der Waals surface area contributed by atoms with Crippen LogP contribution in [0.5, 0.6) is 0 Å². The molecule has 5 aliphatic rings. The molecule has 0 aromatic rings. The normalized spacial score (nSPS) is 32.1. The van der Waals surface area contributed by atoms with E-state index in [0.29, 0.717) is 18.9 Å². The van der Waals surface area contributed by atoms with Crippen LogP contribution >= 0.6 is 0 Å². The lowest BCUT2D eigenvalue weighted by Crippen LogP contribution is -2.57. The Hall–Kier alpha value is -2.63. The fourth-order valence-corrected chi connectivity index (χ4v) is 6.87. The number of fused-ring (bicyclic) bond motifs is 1. The lowest BCUT2D eigenvalue weighted by molar-refractivity contribution is -0.142. The van der Waals surface area contributed by atoms with Crippen molar-refractivity contribution in [3.8, 4) is 6.07 Å². The lowest BCUT2D eigenvalue weighted by Gasteiger charge is -2.38. The van der Waals surface area contributed by atoms with Crippen LogP contribution in [-0.2, 0) is 19.2 Å². The summed E-state index contributed by atoms with van der Waals surface area (Å²) in [5.74, 6) is -0.216. The third kappa shape index (κ3) is 4.96. The van der Waals surface area contributed by atoms with Crippen LogP contribution in [0.15, 0.2) is 0 Å². The van der Waals surface area contributed by atoms with Gasteiger partial charge in [0.15, 0.2) is 0 Å². The number of piperidine rings is 1. The summed E-state index contributed by atoms with van der Waals surface area (Å²) in [5, 5.41) is 18.6. The summed E-state index contributed by atoms with van der Waals surface area (Å²) in [6.07, 6.45) is 4.85. The summed E-state index contributed by atoms with van der Waals surface area (Å²) in [6.45, 7) is 10.8. The van der Waals surface area contributed by atoms with Gasteiger partial charge < -0.3 is 20.9 Å². The Labute approximate surface area is 219 Å². The summed E-state index contributed by atoms with van der Waals surface area (Å²) in [6, 6.07) is 0.480. The Morgan fingerprint density at radius 1 is 1.19 bits per heavy atom. The van der Waals surface area contributed by atoms with Crippen LogP contribution < -0.4 is 16.0 Å². The molecule has 1 spiro atoms. The van der Waals surface area contributed by atoms with Crippen molar-refractivity contribution in [2.45, 2.75) is 103 Å². The summed E-state index contributed by atoms with van der Waals surface area (Å²) in [5.41, 5.74) is -0.490. The molecule has 2 saturated heterocycles. The lowest BCUT2D eigenvalue weighted by atomic mass is 9.85. The van der Waals surface area contributed by atoms with E-state index in [1.54, 1.807) is 0 Å². The number of hydrogen-bond donors (Lipinski definition) is 3. The molecule has 3 aliphatic carbocycles. The van der Waals surface area contributed by atoms with E-state index in [1.807, 2.05) is 25.7 Å². The molecule has 3 saturated carbocycles. The summed E-state index contributed by atoms with van der Waals surface area (Å²) < 4.78 is 0. The molecule has 4 amide bonds. The number of likely N-dealkylation sites (tertiary alicyclic amines) is 1. The van der Waals surface area contributed by atoms with Crippen molar-refractivity contribution in [3.63, 3.8) is 0 Å². The molecule has 2 aliphatic heterocycles. The van der Waals surface area contributed by atoms with Crippen molar-refractivity contribution in [2.75, 3.05) is 6.54 Å². The number of nitrogens with zero attached hydrogens (tertiary/aromatic N) is 2. The highest BCUT2D eigenvalue weighted by Gasteiger charge is 2.68. The zero-order valence-corrected chi connectivity index (χ0v) is 22.7. The first-order valence-electron chi connectivity index (χ1n) is 13.9. The van der Waals surface area contributed by atoms with Gasteiger partial charge in [0.05, 0.1) is 6.07 Å². The molecule has 3 N–H and O–H groups in total. The fourth-order valence-electron chi connectivity index (χ4n) is 6.87. The van der Waals surface area contributed by atoms with E-state index in [4.69, 9.17) is 0 Å². The Kier molecular flexibility index (Phi) is 6.12. The summed E-state index contributed by atoms with van der Waals surface area (Å²) in [7, 11) is 0. The van der Waals surface area contributed by atoms with Crippen molar-refractivity contribution in [3.05, 3.63) is 0 Å². The zero-order valence-electron chi connectivity index (χ0n) is 22.7. The predicted molar refractivity (Wildman–Crippen MR) is 135 cm³/mol. The largest absolute Gasteiger partial charge is 0.350 e. The number of nitriles is 1.